The van der Waals surface area contributed by atoms with E-state index in [0.717, 1.165) is 12.2 Å². The lowest BCUT2D eigenvalue weighted by Crippen LogP contribution is -2.38. The molecule has 118 valence electrons. The summed E-state index contributed by atoms with van der Waals surface area (Å²) >= 11 is 0. The molecule has 1 atom stereocenters. The molecule has 1 aliphatic carbocycles. The van der Waals surface area contributed by atoms with E-state index in [9.17, 15) is 0 Å². The van der Waals surface area contributed by atoms with E-state index in [1.54, 1.807) is 19.5 Å². The van der Waals surface area contributed by atoms with Crippen molar-refractivity contribution >= 4 is 0 Å². The summed E-state index contributed by atoms with van der Waals surface area (Å²) in [5.74, 6) is 1.35. The number of ether oxygens (including phenoxy) is 1. The van der Waals surface area contributed by atoms with Gasteiger partial charge in [-0.1, -0.05) is 33.6 Å². The zero-order chi connectivity index (χ0) is 15.3. The van der Waals surface area contributed by atoms with Crippen LogP contribution in [0.15, 0.2) is 12.4 Å². The van der Waals surface area contributed by atoms with Gasteiger partial charge in [-0.25, -0.2) is 4.98 Å². The molecule has 0 aromatic carbocycles. The van der Waals surface area contributed by atoms with Crippen molar-refractivity contribution in [2.75, 3.05) is 13.7 Å². The minimum atomic E-state index is 0.232. The maximum atomic E-state index is 5.47. The van der Waals surface area contributed by atoms with Crippen molar-refractivity contribution in [3.8, 4) is 5.88 Å². The van der Waals surface area contributed by atoms with Crippen LogP contribution >= 0.6 is 0 Å². The molecule has 0 radical (unpaired) electrons. The van der Waals surface area contributed by atoms with Crippen molar-refractivity contribution in [2.24, 2.45) is 11.3 Å². The van der Waals surface area contributed by atoms with Gasteiger partial charge in [-0.3, -0.25) is 4.98 Å². The SMILES string of the molecule is CCNC(c1nccnc1OC)C1(CC(C)C)CCCC1. The van der Waals surface area contributed by atoms with E-state index in [2.05, 4.69) is 36.1 Å². The molecule has 4 nitrogen and oxygen atoms in total. The van der Waals surface area contributed by atoms with E-state index in [4.69, 9.17) is 4.74 Å². The average molecular weight is 291 g/mol. The first kappa shape index (κ1) is 16.2. The van der Waals surface area contributed by atoms with Crippen molar-refractivity contribution in [3.05, 3.63) is 18.1 Å². The van der Waals surface area contributed by atoms with Crippen molar-refractivity contribution in [1.82, 2.24) is 15.3 Å². The summed E-state index contributed by atoms with van der Waals surface area (Å²) in [7, 11) is 1.68. The first-order valence-corrected chi connectivity index (χ1v) is 8.21. The van der Waals surface area contributed by atoms with Crippen LogP contribution in [0.1, 0.15) is 64.6 Å². The molecule has 0 saturated heterocycles. The number of rotatable bonds is 7. The Bertz CT molecular complexity index is 441. The van der Waals surface area contributed by atoms with Crippen LogP contribution in [0, 0.1) is 11.3 Å². The number of nitrogens with one attached hydrogen (secondary N) is 1. The molecule has 1 aliphatic rings. The van der Waals surface area contributed by atoms with Crippen molar-refractivity contribution in [3.63, 3.8) is 0 Å². The molecule has 1 aromatic heterocycles. The van der Waals surface area contributed by atoms with E-state index in [1.165, 1.54) is 32.1 Å². The molecule has 0 aliphatic heterocycles. The van der Waals surface area contributed by atoms with Crippen LogP contribution in [-0.4, -0.2) is 23.6 Å². The molecule has 1 aromatic rings. The van der Waals surface area contributed by atoms with Crippen LogP contribution in [0.3, 0.4) is 0 Å². The summed E-state index contributed by atoms with van der Waals surface area (Å²) in [5.41, 5.74) is 1.26. The predicted octanol–water partition coefficient (Wildman–Crippen LogP) is 3.74. The molecule has 1 heterocycles. The standard InChI is InChI=1S/C17H29N3O/c1-5-18-15(14-16(21-4)20-11-10-19-14)17(12-13(2)3)8-6-7-9-17/h10-11,13,15,18H,5-9,12H2,1-4H3. The molecule has 4 heteroatoms. The van der Waals surface area contributed by atoms with Gasteiger partial charge < -0.3 is 10.1 Å². The van der Waals surface area contributed by atoms with Gasteiger partial charge in [0.1, 0.15) is 5.69 Å². The molecule has 1 saturated carbocycles. The second-order valence-electron chi connectivity index (χ2n) is 6.61. The molecular formula is C17H29N3O. The van der Waals surface area contributed by atoms with E-state index in [0.29, 0.717) is 11.8 Å². The maximum absolute atomic E-state index is 5.47. The largest absolute Gasteiger partial charge is 0.480 e. The van der Waals surface area contributed by atoms with E-state index >= 15 is 0 Å². The second kappa shape index (κ2) is 7.21. The summed E-state index contributed by atoms with van der Waals surface area (Å²) in [6.07, 6.45) is 9.87. The van der Waals surface area contributed by atoms with Crippen molar-refractivity contribution < 1.29 is 4.74 Å². The van der Waals surface area contributed by atoms with Gasteiger partial charge >= 0.3 is 0 Å². The third-order valence-electron chi connectivity index (χ3n) is 4.59. The minimum Gasteiger partial charge on any atom is -0.480 e. The molecule has 1 fully saturated rings. The lowest BCUT2D eigenvalue weighted by atomic mass is 9.71. The summed E-state index contributed by atoms with van der Waals surface area (Å²) in [6.45, 7) is 7.73. The highest BCUT2D eigenvalue weighted by molar-refractivity contribution is 5.24. The highest BCUT2D eigenvalue weighted by atomic mass is 16.5. The third kappa shape index (κ3) is 3.54. The fourth-order valence-electron chi connectivity index (χ4n) is 4.00. The monoisotopic (exact) mass is 291 g/mol. The highest BCUT2D eigenvalue weighted by Gasteiger charge is 2.43. The molecular weight excluding hydrogens is 262 g/mol. The average Bonchev–Trinajstić information content (AvgIpc) is 2.93. The first-order chi connectivity index (χ1) is 10.1. The number of hydrogen-bond acceptors (Lipinski definition) is 4. The van der Waals surface area contributed by atoms with Crippen LogP contribution < -0.4 is 10.1 Å². The van der Waals surface area contributed by atoms with Crippen LogP contribution in [0.25, 0.3) is 0 Å². The van der Waals surface area contributed by atoms with E-state index in [1.807, 2.05) is 0 Å². The normalized spacial score (nSPS) is 18.9. The Kier molecular flexibility index (Phi) is 5.57. The predicted molar refractivity (Wildman–Crippen MR) is 85.4 cm³/mol. The molecule has 0 amide bonds. The van der Waals surface area contributed by atoms with Gasteiger partial charge in [-0.05, 0) is 37.1 Å². The fraction of sp³-hybridized carbons (Fsp3) is 0.765. The molecule has 21 heavy (non-hydrogen) atoms. The molecule has 2 rings (SSSR count). The van der Waals surface area contributed by atoms with Crippen molar-refractivity contribution in [1.29, 1.82) is 0 Å². The number of aromatic nitrogens is 2. The minimum absolute atomic E-state index is 0.232. The fourth-order valence-corrected chi connectivity index (χ4v) is 4.00. The Balaban J connectivity index is 2.40. The van der Waals surface area contributed by atoms with Gasteiger partial charge in [0, 0.05) is 12.4 Å². The molecule has 1 unspecified atom stereocenters. The van der Waals surface area contributed by atoms with Gasteiger partial charge in [0.2, 0.25) is 5.88 Å². The van der Waals surface area contributed by atoms with Gasteiger partial charge in [-0.15, -0.1) is 0 Å². The quantitative estimate of drug-likeness (QED) is 0.831. The van der Waals surface area contributed by atoms with Crippen LogP contribution in [0.2, 0.25) is 0 Å². The van der Waals surface area contributed by atoms with Crippen LogP contribution in [0.5, 0.6) is 5.88 Å². The maximum Gasteiger partial charge on any atom is 0.237 e. The van der Waals surface area contributed by atoms with Crippen molar-refractivity contribution in [2.45, 2.75) is 58.9 Å². The van der Waals surface area contributed by atoms with Gasteiger partial charge in [0.05, 0.1) is 13.2 Å². The smallest absolute Gasteiger partial charge is 0.237 e. The van der Waals surface area contributed by atoms with E-state index < -0.39 is 0 Å². The molecule has 1 N–H and O–H groups in total. The highest BCUT2D eigenvalue weighted by Crippen LogP contribution is 2.52. The summed E-state index contributed by atoms with van der Waals surface area (Å²) < 4.78 is 5.47. The van der Waals surface area contributed by atoms with Gasteiger partial charge in [0.25, 0.3) is 0 Å². The Labute approximate surface area is 128 Å². The number of nitrogens with zero attached hydrogens (tertiary/aromatic N) is 2. The summed E-state index contributed by atoms with van der Waals surface area (Å²) in [6, 6.07) is 0.232. The van der Waals surface area contributed by atoms with Gasteiger partial charge in [-0.2, -0.15) is 0 Å². The zero-order valence-corrected chi connectivity index (χ0v) is 13.9. The Morgan fingerprint density at radius 1 is 1.24 bits per heavy atom. The van der Waals surface area contributed by atoms with Crippen LogP contribution in [-0.2, 0) is 0 Å². The van der Waals surface area contributed by atoms with E-state index in [-0.39, 0.29) is 11.5 Å². The summed E-state index contributed by atoms with van der Waals surface area (Å²) in [5, 5.41) is 3.68. The lowest BCUT2D eigenvalue weighted by Gasteiger charge is -2.39. The number of hydrogen-bond donors (Lipinski definition) is 1. The Hall–Kier alpha value is -1.16. The summed E-state index contributed by atoms with van der Waals surface area (Å²) in [4.78, 5) is 8.97. The first-order valence-electron chi connectivity index (χ1n) is 8.21. The molecule has 0 spiro atoms. The topological polar surface area (TPSA) is 47.0 Å². The number of methoxy groups -OCH3 is 1. The van der Waals surface area contributed by atoms with Crippen LogP contribution in [0.4, 0.5) is 0 Å². The Morgan fingerprint density at radius 2 is 1.90 bits per heavy atom. The lowest BCUT2D eigenvalue weighted by molar-refractivity contribution is 0.150. The zero-order valence-electron chi connectivity index (χ0n) is 13.9. The van der Waals surface area contributed by atoms with Gasteiger partial charge in [0.15, 0.2) is 0 Å². The Morgan fingerprint density at radius 3 is 2.48 bits per heavy atom. The third-order valence-corrected chi connectivity index (χ3v) is 4.59. The molecule has 0 bridgehead atoms. The second-order valence-corrected chi connectivity index (χ2v) is 6.61.